The van der Waals surface area contributed by atoms with Crippen LogP contribution < -0.4 is 10.1 Å². The number of nitrogens with one attached hydrogen (secondary N) is 1. The SMILES string of the molecule is CNC1CCCOc2c(C)cc(Br)cc21. The molecule has 1 aliphatic heterocycles. The van der Waals surface area contributed by atoms with E-state index < -0.39 is 0 Å². The van der Waals surface area contributed by atoms with Crippen LogP contribution in [-0.2, 0) is 0 Å². The monoisotopic (exact) mass is 269 g/mol. The van der Waals surface area contributed by atoms with Gasteiger partial charge in [0.1, 0.15) is 5.75 Å². The van der Waals surface area contributed by atoms with Crippen molar-refractivity contribution < 1.29 is 4.74 Å². The molecule has 2 nitrogen and oxygen atoms in total. The summed E-state index contributed by atoms with van der Waals surface area (Å²) < 4.78 is 6.93. The molecule has 3 heteroatoms. The zero-order valence-corrected chi connectivity index (χ0v) is 10.7. The van der Waals surface area contributed by atoms with E-state index in [-0.39, 0.29) is 0 Å². The van der Waals surface area contributed by atoms with Gasteiger partial charge in [-0.3, -0.25) is 0 Å². The molecule has 0 radical (unpaired) electrons. The second-order valence-corrected chi connectivity index (χ2v) is 4.89. The first kappa shape index (κ1) is 11.0. The fourth-order valence-electron chi connectivity index (χ4n) is 2.13. The average Bonchev–Trinajstić information content (AvgIpc) is 2.39. The molecule has 82 valence electrons. The second kappa shape index (κ2) is 4.54. The fraction of sp³-hybridized carbons (Fsp3) is 0.500. The van der Waals surface area contributed by atoms with Crippen molar-refractivity contribution in [3.8, 4) is 5.75 Å². The van der Waals surface area contributed by atoms with Crippen molar-refractivity contribution in [2.45, 2.75) is 25.8 Å². The van der Waals surface area contributed by atoms with Gasteiger partial charge in [0.15, 0.2) is 0 Å². The van der Waals surface area contributed by atoms with Crippen molar-refractivity contribution in [3.05, 3.63) is 27.7 Å². The van der Waals surface area contributed by atoms with Crippen LogP contribution in [-0.4, -0.2) is 13.7 Å². The van der Waals surface area contributed by atoms with Gasteiger partial charge in [-0.15, -0.1) is 0 Å². The number of rotatable bonds is 1. The Balaban J connectivity index is 2.50. The number of ether oxygens (including phenoxy) is 1. The molecule has 0 amide bonds. The largest absolute Gasteiger partial charge is 0.493 e. The van der Waals surface area contributed by atoms with Gasteiger partial charge in [0.25, 0.3) is 0 Å². The van der Waals surface area contributed by atoms with E-state index in [1.165, 1.54) is 11.1 Å². The Morgan fingerprint density at radius 2 is 2.27 bits per heavy atom. The maximum atomic E-state index is 5.81. The van der Waals surface area contributed by atoms with Crippen LogP contribution >= 0.6 is 15.9 Å². The summed E-state index contributed by atoms with van der Waals surface area (Å²) in [6.07, 6.45) is 2.25. The van der Waals surface area contributed by atoms with E-state index in [1.807, 2.05) is 7.05 Å². The highest BCUT2D eigenvalue weighted by molar-refractivity contribution is 9.10. The standard InChI is InChI=1S/C12H16BrNO/c1-8-6-9(13)7-10-11(14-2)4-3-5-15-12(8)10/h6-7,11,14H,3-5H2,1-2H3. The number of halogens is 1. The third kappa shape index (κ3) is 2.18. The molecule has 2 rings (SSSR count). The molecule has 0 aromatic heterocycles. The third-order valence-corrected chi connectivity index (χ3v) is 3.33. The van der Waals surface area contributed by atoms with Crippen LogP contribution in [0.1, 0.15) is 30.0 Å². The fourth-order valence-corrected chi connectivity index (χ4v) is 2.72. The maximum Gasteiger partial charge on any atom is 0.127 e. The third-order valence-electron chi connectivity index (χ3n) is 2.88. The van der Waals surface area contributed by atoms with Crippen LogP contribution in [0.5, 0.6) is 5.75 Å². The van der Waals surface area contributed by atoms with Gasteiger partial charge in [-0.05, 0) is 44.5 Å². The maximum absolute atomic E-state index is 5.81. The van der Waals surface area contributed by atoms with Crippen molar-refractivity contribution in [1.82, 2.24) is 5.32 Å². The highest BCUT2D eigenvalue weighted by Crippen LogP contribution is 2.36. The predicted octanol–water partition coefficient (Wildman–Crippen LogP) is 3.19. The van der Waals surface area contributed by atoms with Gasteiger partial charge in [-0.2, -0.15) is 0 Å². The number of hydrogen-bond donors (Lipinski definition) is 1. The quantitative estimate of drug-likeness (QED) is 0.846. The van der Waals surface area contributed by atoms with Crippen LogP contribution in [0.25, 0.3) is 0 Å². The smallest absolute Gasteiger partial charge is 0.127 e. The minimum Gasteiger partial charge on any atom is -0.493 e. The van der Waals surface area contributed by atoms with Crippen LogP contribution in [0.15, 0.2) is 16.6 Å². The van der Waals surface area contributed by atoms with E-state index in [0.29, 0.717) is 6.04 Å². The Hall–Kier alpha value is -0.540. The second-order valence-electron chi connectivity index (χ2n) is 3.97. The highest BCUT2D eigenvalue weighted by atomic mass is 79.9. The van der Waals surface area contributed by atoms with Crippen LogP contribution in [0.3, 0.4) is 0 Å². The topological polar surface area (TPSA) is 21.3 Å². The minimum atomic E-state index is 0.415. The van der Waals surface area contributed by atoms with Gasteiger partial charge in [0.2, 0.25) is 0 Å². The molecule has 1 unspecified atom stereocenters. The van der Waals surface area contributed by atoms with E-state index in [4.69, 9.17) is 4.74 Å². The van der Waals surface area contributed by atoms with Crippen molar-refractivity contribution in [2.24, 2.45) is 0 Å². The van der Waals surface area contributed by atoms with E-state index in [2.05, 4.69) is 40.3 Å². The first-order chi connectivity index (χ1) is 7.22. The Morgan fingerprint density at radius 3 is 3.00 bits per heavy atom. The minimum absolute atomic E-state index is 0.415. The van der Waals surface area contributed by atoms with Gasteiger partial charge in [0.05, 0.1) is 6.61 Å². The molecule has 1 aromatic carbocycles. The average molecular weight is 270 g/mol. The molecule has 1 N–H and O–H groups in total. The molecular formula is C12H16BrNO. The summed E-state index contributed by atoms with van der Waals surface area (Å²) in [4.78, 5) is 0. The van der Waals surface area contributed by atoms with Gasteiger partial charge < -0.3 is 10.1 Å². The molecule has 0 bridgehead atoms. The zero-order chi connectivity index (χ0) is 10.8. The number of benzene rings is 1. The van der Waals surface area contributed by atoms with E-state index >= 15 is 0 Å². The Labute approximate surface area is 99.1 Å². The first-order valence-electron chi connectivity index (χ1n) is 5.32. The first-order valence-corrected chi connectivity index (χ1v) is 6.12. The Kier molecular flexibility index (Phi) is 3.32. The van der Waals surface area contributed by atoms with E-state index in [9.17, 15) is 0 Å². The lowest BCUT2D eigenvalue weighted by Gasteiger charge is -2.17. The molecule has 0 spiro atoms. The van der Waals surface area contributed by atoms with E-state index in [0.717, 1.165) is 29.7 Å². The molecule has 1 atom stereocenters. The summed E-state index contributed by atoms with van der Waals surface area (Å²) in [5, 5.41) is 3.35. The number of aryl methyl sites for hydroxylation is 1. The van der Waals surface area contributed by atoms with E-state index in [1.54, 1.807) is 0 Å². The van der Waals surface area contributed by atoms with Gasteiger partial charge in [0, 0.05) is 16.1 Å². The molecule has 15 heavy (non-hydrogen) atoms. The predicted molar refractivity (Wildman–Crippen MR) is 65.4 cm³/mol. The van der Waals surface area contributed by atoms with Gasteiger partial charge in [-0.25, -0.2) is 0 Å². The lowest BCUT2D eigenvalue weighted by Crippen LogP contribution is -2.15. The summed E-state index contributed by atoms with van der Waals surface area (Å²) in [6, 6.07) is 4.69. The van der Waals surface area contributed by atoms with Crippen LogP contribution in [0.4, 0.5) is 0 Å². The molecule has 0 aliphatic carbocycles. The van der Waals surface area contributed by atoms with Crippen molar-refractivity contribution in [3.63, 3.8) is 0 Å². The van der Waals surface area contributed by atoms with Gasteiger partial charge in [-0.1, -0.05) is 15.9 Å². The molecule has 0 saturated carbocycles. The summed E-state index contributed by atoms with van der Waals surface area (Å²) in [6.45, 7) is 2.93. The highest BCUT2D eigenvalue weighted by Gasteiger charge is 2.20. The normalized spacial score (nSPS) is 20.3. The molecule has 0 fully saturated rings. The molecule has 1 aromatic rings. The van der Waals surface area contributed by atoms with Crippen molar-refractivity contribution in [2.75, 3.05) is 13.7 Å². The Bertz CT molecular complexity index is 365. The Morgan fingerprint density at radius 1 is 1.47 bits per heavy atom. The molecular weight excluding hydrogens is 254 g/mol. The summed E-state index contributed by atoms with van der Waals surface area (Å²) >= 11 is 3.54. The molecule has 1 heterocycles. The van der Waals surface area contributed by atoms with Crippen LogP contribution in [0, 0.1) is 6.92 Å². The molecule has 0 saturated heterocycles. The summed E-state index contributed by atoms with van der Waals surface area (Å²) in [5.74, 6) is 1.06. The van der Waals surface area contributed by atoms with Crippen LogP contribution in [0.2, 0.25) is 0 Å². The summed E-state index contributed by atoms with van der Waals surface area (Å²) in [5.41, 5.74) is 2.49. The van der Waals surface area contributed by atoms with Crippen molar-refractivity contribution in [1.29, 1.82) is 0 Å². The number of hydrogen-bond acceptors (Lipinski definition) is 2. The van der Waals surface area contributed by atoms with Crippen molar-refractivity contribution >= 4 is 15.9 Å². The zero-order valence-electron chi connectivity index (χ0n) is 9.14. The lowest BCUT2D eigenvalue weighted by molar-refractivity contribution is 0.313. The number of fused-ring (bicyclic) bond motifs is 1. The summed E-state index contributed by atoms with van der Waals surface area (Å²) in [7, 11) is 2.01. The molecule has 1 aliphatic rings. The lowest BCUT2D eigenvalue weighted by atomic mass is 10.0. The van der Waals surface area contributed by atoms with Gasteiger partial charge >= 0.3 is 0 Å².